The number of ether oxygens (including phenoxy) is 1. The Balaban J connectivity index is 2.04. The van der Waals surface area contributed by atoms with Crippen molar-refractivity contribution in [2.24, 2.45) is 0 Å². The molecule has 0 atom stereocenters. The van der Waals surface area contributed by atoms with Crippen LogP contribution in [-0.4, -0.2) is 44.3 Å². The zero-order valence-corrected chi connectivity index (χ0v) is 11.4. The summed E-state index contributed by atoms with van der Waals surface area (Å²) >= 11 is 6.02. The molecule has 1 saturated heterocycles. The summed E-state index contributed by atoms with van der Waals surface area (Å²) in [5.41, 5.74) is 1.44. The molecule has 6 heteroatoms. The third-order valence-corrected chi connectivity index (χ3v) is 3.46. The lowest BCUT2D eigenvalue weighted by Gasteiger charge is -2.35. The Kier molecular flexibility index (Phi) is 4.13. The van der Waals surface area contributed by atoms with Crippen molar-refractivity contribution >= 4 is 23.4 Å². The summed E-state index contributed by atoms with van der Waals surface area (Å²) in [6.07, 6.45) is -0.294. The van der Waals surface area contributed by atoms with Crippen molar-refractivity contribution in [1.29, 1.82) is 5.26 Å². The number of anilines is 1. The number of methoxy groups -OCH3 is 1. The van der Waals surface area contributed by atoms with Gasteiger partial charge in [-0.2, -0.15) is 5.26 Å². The van der Waals surface area contributed by atoms with E-state index >= 15 is 0 Å². The molecule has 1 amide bonds. The number of carbonyl (C=O) groups excluding carboxylic acids is 1. The molecule has 0 spiro atoms. The van der Waals surface area contributed by atoms with Gasteiger partial charge in [-0.15, -0.1) is 0 Å². The topological polar surface area (TPSA) is 56.6 Å². The van der Waals surface area contributed by atoms with Gasteiger partial charge in [0.2, 0.25) is 0 Å². The predicted molar refractivity (Wildman–Crippen MR) is 72.4 cm³/mol. The summed E-state index contributed by atoms with van der Waals surface area (Å²) in [5.74, 6) is 0. The highest BCUT2D eigenvalue weighted by Gasteiger charge is 2.21. The van der Waals surface area contributed by atoms with Gasteiger partial charge in [0.25, 0.3) is 0 Å². The van der Waals surface area contributed by atoms with E-state index in [1.165, 1.54) is 7.11 Å². The van der Waals surface area contributed by atoms with Gasteiger partial charge < -0.3 is 14.5 Å². The first-order valence-electron chi connectivity index (χ1n) is 5.93. The summed E-state index contributed by atoms with van der Waals surface area (Å²) in [6.45, 7) is 2.67. The molecule has 0 saturated carbocycles. The maximum Gasteiger partial charge on any atom is 0.409 e. The first-order valence-corrected chi connectivity index (χ1v) is 6.31. The molecule has 100 valence electrons. The molecule has 5 nitrogen and oxygen atoms in total. The number of hydrogen-bond acceptors (Lipinski definition) is 4. The lowest BCUT2D eigenvalue weighted by Crippen LogP contribution is -2.48. The van der Waals surface area contributed by atoms with E-state index in [0.29, 0.717) is 23.7 Å². The third kappa shape index (κ3) is 2.91. The van der Waals surface area contributed by atoms with E-state index < -0.39 is 0 Å². The number of hydrogen-bond donors (Lipinski definition) is 0. The van der Waals surface area contributed by atoms with E-state index in [4.69, 9.17) is 21.6 Å². The Morgan fingerprint density at radius 2 is 2.05 bits per heavy atom. The van der Waals surface area contributed by atoms with Gasteiger partial charge in [0.1, 0.15) is 6.07 Å². The number of benzene rings is 1. The Morgan fingerprint density at radius 3 is 2.58 bits per heavy atom. The zero-order valence-electron chi connectivity index (χ0n) is 10.6. The van der Waals surface area contributed by atoms with Gasteiger partial charge in [-0.25, -0.2) is 4.79 Å². The Labute approximate surface area is 116 Å². The minimum absolute atomic E-state index is 0.294. The van der Waals surface area contributed by atoms with E-state index in [1.807, 2.05) is 12.1 Å². The van der Waals surface area contributed by atoms with Crippen LogP contribution in [0.2, 0.25) is 5.02 Å². The number of piperazine rings is 1. The average Bonchev–Trinajstić information content (AvgIpc) is 2.46. The van der Waals surface area contributed by atoms with Crippen molar-refractivity contribution in [2.75, 3.05) is 38.2 Å². The Bertz CT molecular complexity index is 519. The summed E-state index contributed by atoms with van der Waals surface area (Å²) in [6, 6.07) is 7.41. The molecule has 0 bridgehead atoms. The molecule has 0 N–H and O–H groups in total. The number of nitrogens with zero attached hydrogens (tertiary/aromatic N) is 3. The first kappa shape index (κ1) is 13.5. The molecule has 1 fully saturated rings. The lowest BCUT2D eigenvalue weighted by molar-refractivity contribution is 0.121. The fourth-order valence-electron chi connectivity index (χ4n) is 2.07. The Morgan fingerprint density at radius 1 is 1.37 bits per heavy atom. The molecule has 1 aliphatic heterocycles. The SMILES string of the molecule is COC(=O)N1CCN(c2ccc(C#N)c(Cl)c2)CC1. The molecule has 19 heavy (non-hydrogen) atoms. The minimum atomic E-state index is -0.294. The van der Waals surface area contributed by atoms with Gasteiger partial charge in [0.15, 0.2) is 0 Å². The van der Waals surface area contributed by atoms with Gasteiger partial charge in [0.05, 0.1) is 17.7 Å². The molecule has 1 aliphatic rings. The molecule has 0 unspecified atom stereocenters. The second-order valence-electron chi connectivity index (χ2n) is 4.22. The van der Waals surface area contributed by atoms with Crippen LogP contribution in [0.3, 0.4) is 0 Å². The van der Waals surface area contributed by atoms with Crippen molar-refractivity contribution in [3.8, 4) is 6.07 Å². The van der Waals surface area contributed by atoms with E-state index in [2.05, 4.69) is 4.90 Å². The smallest absolute Gasteiger partial charge is 0.409 e. The minimum Gasteiger partial charge on any atom is -0.453 e. The Hall–Kier alpha value is -1.93. The second-order valence-corrected chi connectivity index (χ2v) is 4.63. The number of carbonyl (C=O) groups is 1. The van der Waals surface area contributed by atoms with Gasteiger partial charge in [-0.05, 0) is 18.2 Å². The molecule has 1 heterocycles. The van der Waals surface area contributed by atoms with Crippen LogP contribution in [0.15, 0.2) is 18.2 Å². The zero-order chi connectivity index (χ0) is 13.8. The standard InChI is InChI=1S/C13H14ClN3O2/c1-19-13(18)17-6-4-16(5-7-17)11-3-2-10(9-15)12(14)8-11/h2-3,8H,4-7H2,1H3. The van der Waals surface area contributed by atoms with Gasteiger partial charge in [-0.1, -0.05) is 11.6 Å². The van der Waals surface area contributed by atoms with Crippen LogP contribution in [0.25, 0.3) is 0 Å². The maximum atomic E-state index is 11.4. The highest BCUT2D eigenvalue weighted by Crippen LogP contribution is 2.24. The highest BCUT2D eigenvalue weighted by molar-refractivity contribution is 6.32. The van der Waals surface area contributed by atoms with Crippen LogP contribution in [0.5, 0.6) is 0 Å². The normalized spacial score (nSPS) is 15.0. The van der Waals surface area contributed by atoms with E-state index in [1.54, 1.807) is 17.0 Å². The van der Waals surface area contributed by atoms with Crippen molar-refractivity contribution in [3.63, 3.8) is 0 Å². The van der Waals surface area contributed by atoms with Gasteiger partial charge >= 0.3 is 6.09 Å². The van der Waals surface area contributed by atoms with E-state index in [9.17, 15) is 4.79 Å². The molecular formula is C13H14ClN3O2. The highest BCUT2D eigenvalue weighted by atomic mass is 35.5. The second kappa shape index (κ2) is 5.81. The lowest BCUT2D eigenvalue weighted by atomic mass is 10.2. The van der Waals surface area contributed by atoms with Crippen LogP contribution in [0.4, 0.5) is 10.5 Å². The number of nitriles is 1. The maximum absolute atomic E-state index is 11.4. The van der Waals surface area contributed by atoms with Crippen molar-refractivity contribution in [1.82, 2.24) is 4.90 Å². The molecule has 1 aromatic carbocycles. The first-order chi connectivity index (χ1) is 9.15. The van der Waals surface area contributed by atoms with Crippen LogP contribution in [0.1, 0.15) is 5.56 Å². The summed E-state index contributed by atoms with van der Waals surface area (Å²) < 4.78 is 4.69. The summed E-state index contributed by atoms with van der Waals surface area (Å²) in [5, 5.41) is 9.29. The monoisotopic (exact) mass is 279 g/mol. The van der Waals surface area contributed by atoms with Crippen LogP contribution < -0.4 is 4.90 Å². The molecule has 0 aliphatic carbocycles. The fraction of sp³-hybridized carbons (Fsp3) is 0.385. The largest absolute Gasteiger partial charge is 0.453 e. The third-order valence-electron chi connectivity index (χ3n) is 3.15. The van der Waals surface area contributed by atoms with Crippen molar-refractivity contribution in [3.05, 3.63) is 28.8 Å². The van der Waals surface area contributed by atoms with Crippen LogP contribution >= 0.6 is 11.6 Å². The van der Waals surface area contributed by atoms with Crippen molar-refractivity contribution in [2.45, 2.75) is 0 Å². The molecule has 0 radical (unpaired) electrons. The number of amides is 1. The van der Waals surface area contributed by atoms with Gasteiger partial charge in [0, 0.05) is 31.9 Å². The van der Waals surface area contributed by atoms with E-state index in [-0.39, 0.29) is 6.09 Å². The average molecular weight is 280 g/mol. The molecule has 2 rings (SSSR count). The summed E-state index contributed by atoms with van der Waals surface area (Å²) in [7, 11) is 1.38. The number of rotatable bonds is 1. The fourth-order valence-corrected chi connectivity index (χ4v) is 2.28. The summed E-state index contributed by atoms with van der Waals surface area (Å²) in [4.78, 5) is 15.2. The van der Waals surface area contributed by atoms with E-state index in [0.717, 1.165) is 18.8 Å². The number of halogens is 1. The molecular weight excluding hydrogens is 266 g/mol. The van der Waals surface area contributed by atoms with Crippen LogP contribution in [-0.2, 0) is 4.74 Å². The van der Waals surface area contributed by atoms with Crippen LogP contribution in [0, 0.1) is 11.3 Å². The molecule has 1 aromatic rings. The van der Waals surface area contributed by atoms with Gasteiger partial charge in [-0.3, -0.25) is 0 Å². The quantitative estimate of drug-likeness (QED) is 0.790. The predicted octanol–water partition coefficient (Wildman–Crippen LogP) is 2.10. The van der Waals surface area contributed by atoms with Crippen molar-refractivity contribution < 1.29 is 9.53 Å². The molecule has 0 aromatic heterocycles.